The fourth-order valence-corrected chi connectivity index (χ4v) is 4.44. The second-order valence-electron chi connectivity index (χ2n) is 7.32. The van der Waals surface area contributed by atoms with E-state index < -0.39 is 0 Å². The molecule has 1 fully saturated rings. The SMILES string of the molecule is COc1ccc(OC)c(-n2c(SCC(=O)NC[C@@H]3CCCO3)nc3ccccc3c2=O)c1. The fraction of sp³-hybridized carbons (Fsp3) is 0.348. The van der Waals surface area contributed by atoms with Crippen LogP contribution in [-0.2, 0) is 9.53 Å². The monoisotopic (exact) mass is 455 g/mol. The zero-order chi connectivity index (χ0) is 22.5. The molecule has 3 aromatic rings. The number of ether oxygens (including phenoxy) is 3. The van der Waals surface area contributed by atoms with Gasteiger partial charge in [-0.2, -0.15) is 0 Å². The van der Waals surface area contributed by atoms with Crippen molar-refractivity contribution in [3.63, 3.8) is 0 Å². The lowest BCUT2D eigenvalue weighted by Gasteiger charge is -2.17. The summed E-state index contributed by atoms with van der Waals surface area (Å²) in [6.45, 7) is 1.23. The van der Waals surface area contributed by atoms with E-state index in [2.05, 4.69) is 10.3 Å². The maximum absolute atomic E-state index is 13.5. The minimum absolute atomic E-state index is 0.0713. The molecule has 1 amide bonds. The van der Waals surface area contributed by atoms with Crippen molar-refractivity contribution in [2.45, 2.75) is 24.1 Å². The van der Waals surface area contributed by atoms with Crippen LogP contribution in [0.4, 0.5) is 0 Å². The van der Waals surface area contributed by atoms with Gasteiger partial charge in [0.05, 0.1) is 42.7 Å². The van der Waals surface area contributed by atoms with Gasteiger partial charge in [0.25, 0.3) is 5.56 Å². The molecule has 4 rings (SSSR count). The zero-order valence-corrected chi connectivity index (χ0v) is 18.8. The molecule has 0 aliphatic carbocycles. The van der Waals surface area contributed by atoms with Gasteiger partial charge in [0.15, 0.2) is 5.16 Å². The number of hydrogen-bond acceptors (Lipinski definition) is 7. The topological polar surface area (TPSA) is 91.7 Å². The number of amides is 1. The van der Waals surface area contributed by atoms with Gasteiger partial charge in [-0.15, -0.1) is 0 Å². The molecule has 0 unspecified atom stereocenters. The minimum atomic E-state index is -0.246. The molecule has 1 aliphatic heterocycles. The number of nitrogens with one attached hydrogen (secondary N) is 1. The number of nitrogens with zero attached hydrogens (tertiary/aromatic N) is 2. The van der Waals surface area contributed by atoms with Crippen molar-refractivity contribution in [1.82, 2.24) is 14.9 Å². The van der Waals surface area contributed by atoms with Crippen LogP contribution < -0.4 is 20.3 Å². The molecule has 0 spiro atoms. The lowest BCUT2D eigenvalue weighted by molar-refractivity contribution is -0.119. The third kappa shape index (κ3) is 4.73. The predicted octanol–water partition coefficient (Wildman–Crippen LogP) is 2.79. The summed E-state index contributed by atoms with van der Waals surface area (Å²) in [7, 11) is 3.09. The van der Waals surface area contributed by atoms with Crippen molar-refractivity contribution >= 4 is 28.6 Å². The van der Waals surface area contributed by atoms with E-state index in [0.29, 0.717) is 39.8 Å². The van der Waals surface area contributed by atoms with Crippen LogP contribution in [0, 0.1) is 0 Å². The van der Waals surface area contributed by atoms with E-state index in [4.69, 9.17) is 14.2 Å². The molecule has 0 bridgehead atoms. The minimum Gasteiger partial charge on any atom is -0.497 e. The van der Waals surface area contributed by atoms with Crippen molar-refractivity contribution < 1.29 is 19.0 Å². The number of carbonyl (C=O) groups excluding carboxylic acids is 1. The molecule has 2 heterocycles. The molecule has 2 aromatic carbocycles. The molecule has 32 heavy (non-hydrogen) atoms. The Balaban J connectivity index is 1.68. The summed E-state index contributed by atoms with van der Waals surface area (Å²) in [5.41, 5.74) is 0.819. The molecule has 0 saturated carbocycles. The Kier molecular flexibility index (Phi) is 6.96. The highest BCUT2D eigenvalue weighted by Crippen LogP contribution is 2.30. The van der Waals surface area contributed by atoms with E-state index >= 15 is 0 Å². The average Bonchev–Trinajstić information content (AvgIpc) is 3.35. The third-order valence-corrected chi connectivity index (χ3v) is 6.19. The number of fused-ring (bicyclic) bond motifs is 1. The Hall–Kier alpha value is -3.04. The summed E-state index contributed by atoms with van der Waals surface area (Å²) in [4.78, 5) is 30.6. The van der Waals surface area contributed by atoms with E-state index in [0.717, 1.165) is 19.4 Å². The van der Waals surface area contributed by atoms with Crippen molar-refractivity contribution in [1.29, 1.82) is 0 Å². The van der Waals surface area contributed by atoms with Gasteiger partial charge in [-0.05, 0) is 37.1 Å². The van der Waals surface area contributed by atoms with E-state index in [1.807, 2.05) is 6.07 Å². The molecule has 9 heteroatoms. The lowest BCUT2D eigenvalue weighted by atomic mass is 10.2. The zero-order valence-electron chi connectivity index (χ0n) is 18.0. The first-order valence-electron chi connectivity index (χ1n) is 10.4. The van der Waals surface area contributed by atoms with Gasteiger partial charge in [-0.3, -0.25) is 14.2 Å². The molecule has 168 valence electrons. The second-order valence-corrected chi connectivity index (χ2v) is 8.26. The van der Waals surface area contributed by atoms with Crippen molar-refractivity contribution in [2.24, 2.45) is 0 Å². The Labute approximate surface area is 189 Å². The summed E-state index contributed by atoms with van der Waals surface area (Å²) in [6, 6.07) is 12.4. The lowest BCUT2D eigenvalue weighted by Crippen LogP contribution is -2.33. The van der Waals surface area contributed by atoms with Gasteiger partial charge in [0.2, 0.25) is 5.91 Å². The predicted molar refractivity (Wildman–Crippen MR) is 123 cm³/mol. The van der Waals surface area contributed by atoms with Crippen LogP contribution in [0.1, 0.15) is 12.8 Å². The first-order valence-corrected chi connectivity index (χ1v) is 11.3. The van der Waals surface area contributed by atoms with Crippen molar-refractivity contribution in [3.8, 4) is 17.2 Å². The smallest absolute Gasteiger partial charge is 0.266 e. The molecule has 1 aromatic heterocycles. The first-order chi connectivity index (χ1) is 15.6. The highest BCUT2D eigenvalue weighted by Gasteiger charge is 2.20. The highest BCUT2D eigenvalue weighted by atomic mass is 32.2. The van der Waals surface area contributed by atoms with E-state index in [-0.39, 0.29) is 23.3 Å². The van der Waals surface area contributed by atoms with Gasteiger partial charge in [0, 0.05) is 19.2 Å². The van der Waals surface area contributed by atoms with E-state index in [1.165, 1.54) is 23.4 Å². The number of methoxy groups -OCH3 is 2. The molecule has 1 N–H and O–H groups in total. The molecular weight excluding hydrogens is 430 g/mol. The van der Waals surface area contributed by atoms with Crippen LogP contribution >= 0.6 is 11.8 Å². The normalized spacial score (nSPS) is 15.6. The summed E-state index contributed by atoms with van der Waals surface area (Å²) in [6.07, 6.45) is 2.04. The van der Waals surface area contributed by atoms with Gasteiger partial charge < -0.3 is 19.5 Å². The molecule has 8 nitrogen and oxygen atoms in total. The summed E-state index contributed by atoms with van der Waals surface area (Å²) in [5, 5.41) is 3.77. The Bertz CT molecular complexity index is 1170. The van der Waals surface area contributed by atoms with Crippen LogP contribution in [0.15, 0.2) is 52.4 Å². The average molecular weight is 456 g/mol. The van der Waals surface area contributed by atoms with Crippen molar-refractivity contribution in [3.05, 3.63) is 52.8 Å². The highest BCUT2D eigenvalue weighted by molar-refractivity contribution is 7.99. The summed E-state index contributed by atoms with van der Waals surface area (Å²) < 4.78 is 17.9. The van der Waals surface area contributed by atoms with E-state index in [9.17, 15) is 9.59 Å². The third-order valence-electron chi connectivity index (χ3n) is 5.26. The van der Waals surface area contributed by atoms with E-state index in [1.54, 1.807) is 43.5 Å². The van der Waals surface area contributed by atoms with Crippen LogP contribution in [0.3, 0.4) is 0 Å². The van der Waals surface area contributed by atoms with Gasteiger partial charge in [-0.1, -0.05) is 23.9 Å². The molecule has 1 atom stereocenters. The number of hydrogen-bond donors (Lipinski definition) is 1. The maximum atomic E-state index is 13.5. The molecule has 1 saturated heterocycles. The Morgan fingerprint density at radius 2 is 2.09 bits per heavy atom. The first kappa shape index (κ1) is 22.2. The number of para-hydroxylation sites is 1. The van der Waals surface area contributed by atoms with Gasteiger partial charge in [-0.25, -0.2) is 4.98 Å². The number of aromatic nitrogens is 2. The number of thioether (sulfide) groups is 1. The molecule has 1 aliphatic rings. The van der Waals surface area contributed by atoms with Crippen LogP contribution in [0.5, 0.6) is 11.5 Å². The Morgan fingerprint density at radius 3 is 2.84 bits per heavy atom. The van der Waals surface area contributed by atoms with Crippen LogP contribution in [0.25, 0.3) is 16.6 Å². The maximum Gasteiger partial charge on any atom is 0.266 e. The van der Waals surface area contributed by atoms with Crippen LogP contribution in [-0.4, -0.2) is 54.7 Å². The Morgan fingerprint density at radius 1 is 1.25 bits per heavy atom. The van der Waals surface area contributed by atoms with Gasteiger partial charge in [0.1, 0.15) is 11.5 Å². The number of rotatable bonds is 8. The summed E-state index contributed by atoms with van der Waals surface area (Å²) in [5.74, 6) is 1.04. The standard InChI is InChI=1S/C23H25N3O5S/c1-29-15-9-10-20(30-2)19(12-15)26-22(28)17-7-3-4-8-18(17)25-23(26)32-14-21(27)24-13-16-6-5-11-31-16/h3-4,7-10,12,16H,5-6,11,13-14H2,1-2H3,(H,24,27)/t16-/m0/s1. The number of carbonyl (C=O) groups is 1. The van der Waals surface area contributed by atoms with Gasteiger partial charge >= 0.3 is 0 Å². The quantitative estimate of drug-likeness (QED) is 0.412. The van der Waals surface area contributed by atoms with Crippen molar-refractivity contribution in [2.75, 3.05) is 33.1 Å². The summed E-state index contributed by atoms with van der Waals surface area (Å²) >= 11 is 1.20. The second kappa shape index (κ2) is 10.1. The molecular formula is C23H25N3O5S. The van der Waals surface area contributed by atoms with Crippen LogP contribution in [0.2, 0.25) is 0 Å². The largest absolute Gasteiger partial charge is 0.497 e. The number of benzene rings is 2. The fourth-order valence-electron chi connectivity index (χ4n) is 3.61. The molecule has 0 radical (unpaired) electrons.